The fourth-order valence-electron chi connectivity index (χ4n) is 2.52. The molecule has 3 aromatic rings. The highest BCUT2D eigenvalue weighted by atomic mass is 79.9. The molecule has 0 atom stereocenters. The van der Waals surface area contributed by atoms with E-state index in [9.17, 15) is 9.59 Å². The molecule has 0 saturated carbocycles. The molecule has 5 nitrogen and oxygen atoms in total. The summed E-state index contributed by atoms with van der Waals surface area (Å²) in [5.74, 6) is -0.463. The van der Waals surface area contributed by atoms with Crippen molar-refractivity contribution in [2.24, 2.45) is 0 Å². The van der Waals surface area contributed by atoms with Gasteiger partial charge in [-0.05, 0) is 39.7 Å². The van der Waals surface area contributed by atoms with Crippen LogP contribution in [0.2, 0.25) is 5.02 Å². The fourth-order valence-corrected chi connectivity index (χ4v) is 3.78. The number of methoxy groups -OCH3 is 1. The third kappa shape index (κ3) is 4.41. The molecule has 0 unspecified atom stereocenters. The lowest BCUT2D eigenvalue weighted by atomic mass is 10.1. The molecule has 2 heterocycles. The molecule has 2 aromatic heterocycles. The van der Waals surface area contributed by atoms with Gasteiger partial charge in [0.15, 0.2) is 9.70 Å². The SMILES string of the molecule is COC(=O)c1ccc(CC(=O)c2cc(Cl)cn2Cc2csc(Br)n2)cc1. The van der Waals surface area contributed by atoms with Crippen LogP contribution in [-0.2, 0) is 17.7 Å². The van der Waals surface area contributed by atoms with Gasteiger partial charge in [0.25, 0.3) is 0 Å². The summed E-state index contributed by atoms with van der Waals surface area (Å²) in [6.07, 6.45) is 1.94. The molecule has 0 fully saturated rings. The largest absolute Gasteiger partial charge is 0.465 e. The van der Waals surface area contributed by atoms with Crippen molar-refractivity contribution < 1.29 is 14.3 Å². The first-order valence-corrected chi connectivity index (χ1v) is 9.67. The van der Waals surface area contributed by atoms with Gasteiger partial charge in [-0.2, -0.15) is 0 Å². The molecule has 0 bridgehead atoms. The summed E-state index contributed by atoms with van der Waals surface area (Å²) in [4.78, 5) is 28.5. The van der Waals surface area contributed by atoms with Crippen LogP contribution >= 0.6 is 38.9 Å². The number of nitrogens with zero attached hydrogens (tertiary/aromatic N) is 2. The maximum Gasteiger partial charge on any atom is 0.337 e. The third-order valence-corrected chi connectivity index (χ3v) is 5.37. The van der Waals surface area contributed by atoms with E-state index < -0.39 is 5.97 Å². The van der Waals surface area contributed by atoms with Gasteiger partial charge in [-0.15, -0.1) is 11.3 Å². The van der Waals surface area contributed by atoms with Crippen LogP contribution < -0.4 is 0 Å². The lowest BCUT2D eigenvalue weighted by molar-refractivity contribution is 0.0600. The number of hydrogen-bond donors (Lipinski definition) is 0. The van der Waals surface area contributed by atoms with Crippen molar-refractivity contribution in [2.45, 2.75) is 13.0 Å². The van der Waals surface area contributed by atoms with Gasteiger partial charge in [-0.25, -0.2) is 9.78 Å². The molecule has 0 aliphatic rings. The zero-order valence-corrected chi connectivity index (χ0v) is 16.9. The minimum absolute atomic E-state index is 0.0583. The summed E-state index contributed by atoms with van der Waals surface area (Å²) < 4.78 is 7.27. The first-order valence-electron chi connectivity index (χ1n) is 7.62. The number of thiazole rings is 1. The summed E-state index contributed by atoms with van der Waals surface area (Å²) >= 11 is 10.9. The van der Waals surface area contributed by atoms with Gasteiger partial charge in [0.1, 0.15) is 0 Å². The van der Waals surface area contributed by atoms with Crippen LogP contribution in [0.15, 0.2) is 45.8 Å². The van der Waals surface area contributed by atoms with E-state index >= 15 is 0 Å². The highest BCUT2D eigenvalue weighted by Crippen LogP contribution is 2.21. The van der Waals surface area contributed by atoms with Crippen molar-refractivity contribution in [1.82, 2.24) is 9.55 Å². The highest BCUT2D eigenvalue weighted by Gasteiger charge is 2.15. The summed E-state index contributed by atoms with van der Waals surface area (Å²) in [5, 5.41) is 2.43. The van der Waals surface area contributed by atoms with Crippen LogP contribution in [0.4, 0.5) is 0 Å². The average molecular weight is 454 g/mol. The molecule has 8 heteroatoms. The summed E-state index contributed by atoms with van der Waals surface area (Å²) in [5.41, 5.74) is 2.63. The van der Waals surface area contributed by atoms with Crippen LogP contribution in [0.5, 0.6) is 0 Å². The molecule has 134 valence electrons. The molecule has 0 aliphatic heterocycles. The lowest BCUT2D eigenvalue weighted by Crippen LogP contribution is -2.12. The maximum absolute atomic E-state index is 12.7. The number of benzene rings is 1. The van der Waals surface area contributed by atoms with Crippen molar-refractivity contribution in [3.63, 3.8) is 0 Å². The van der Waals surface area contributed by atoms with Crippen molar-refractivity contribution in [3.8, 4) is 0 Å². The predicted molar refractivity (Wildman–Crippen MR) is 104 cm³/mol. The number of carbonyl (C=O) groups excluding carboxylic acids is 2. The van der Waals surface area contributed by atoms with Gasteiger partial charge in [0.05, 0.1) is 35.6 Å². The zero-order chi connectivity index (χ0) is 18.7. The van der Waals surface area contributed by atoms with Gasteiger partial charge in [-0.3, -0.25) is 4.79 Å². The van der Waals surface area contributed by atoms with Crippen molar-refractivity contribution in [3.05, 3.63) is 73.4 Å². The van der Waals surface area contributed by atoms with Crippen LogP contribution in [0.25, 0.3) is 0 Å². The van der Waals surface area contributed by atoms with Gasteiger partial charge >= 0.3 is 5.97 Å². The number of ketones is 1. The standard InChI is InChI=1S/C18H14BrClN2O3S/c1-25-17(24)12-4-2-11(3-5-12)6-16(23)15-7-13(20)8-22(15)9-14-10-26-18(19)21-14/h2-5,7-8,10H,6,9H2,1H3. The molecule has 3 rings (SSSR count). The van der Waals surface area contributed by atoms with Crippen LogP contribution in [0, 0.1) is 0 Å². The highest BCUT2D eigenvalue weighted by molar-refractivity contribution is 9.11. The lowest BCUT2D eigenvalue weighted by Gasteiger charge is -2.07. The Morgan fingerprint density at radius 2 is 2.04 bits per heavy atom. The van der Waals surface area contributed by atoms with Crippen LogP contribution in [0.3, 0.4) is 0 Å². The molecule has 1 aromatic carbocycles. The number of Topliss-reactive ketones (excluding diaryl/α,β-unsaturated/α-hetero) is 1. The van der Waals surface area contributed by atoms with Gasteiger partial charge in [0.2, 0.25) is 0 Å². The van der Waals surface area contributed by atoms with E-state index in [0.29, 0.717) is 22.8 Å². The van der Waals surface area contributed by atoms with E-state index in [-0.39, 0.29) is 12.2 Å². The number of aromatic nitrogens is 2. The van der Waals surface area contributed by atoms with Gasteiger partial charge in [0, 0.05) is 18.0 Å². The smallest absolute Gasteiger partial charge is 0.337 e. The summed E-state index contributed by atoms with van der Waals surface area (Å²) in [6.45, 7) is 0.469. The van der Waals surface area contributed by atoms with Crippen LogP contribution in [-0.4, -0.2) is 28.4 Å². The van der Waals surface area contributed by atoms with E-state index in [1.807, 2.05) is 5.38 Å². The number of carbonyl (C=O) groups is 2. The Labute approximate surface area is 167 Å². The zero-order valence-electron chi connectivity index (χ0n) is 13.7. The Bertz CT molecular complexity index is 950. The number of rotatable bonds is 6. The fraction of sp³-hybridized carbons (Fsp3) is 0.167. The van der Waals surface area contributed by atoms with E-state index in [1.165, 1.54) is 18.4 Å². The maximum atomic E-state index is 12.7. The van der Waals surface area contributed by atoms with Crippen molar-refractivity contribution >= 4 is 50.6 Å². The third-order valence-electron chi connectivity index (χ3n) is 3.74. The summed E-state index contributed by atoms with van der Waals surface area (Å²) in [6, 6.07) is 8.45. The molecule has 0 amide bonds. The molecule has 0 saturated heterocycles. The number of hydrogen-bond acceptors (Lipinski definition) is 5. The normalized spacial score (nSPS) is 10.7. The molecule has 0 spiro atoms. The average Bonchev–Trinajstić information content (AvgIpc) is 3.20. The van der Waals surface area contributed by atoms with E-state index in [0.717, 1.165) is 15.2 Å². The van der Waals surface area contributed by atoms with E-state index in [1.54, 1.807) is 41.1 Å². The van der Waals surface area contributed by atoms with Crippen molar-refractivity contribution in [1.29, 1.82) is 0 Å². The molecule has 26 heavy (non-hydrogen) atoms. The van der Waals surface area contributed by atoms with E-state index in [4.69, 9.17) is 11.6 Å². The Balaban J connectivity index is 1.76. The Kier molecular flexibility index (Phi) is 5.90. The molecule has 0 aliphatic carbocycles. The minimum Gasteiger partial charge on any atom is -0.465 e. The molecular weight excluding hydrogens is 440 g/mol. The Morgan fingerprint density at radius 3 is 2.65 bits per heavy atom. The van der Waals surface area contributed by atoms with Crippen LogP contribution in [0.1, 0.15) is 32.1 Å². The Hall–Kier alpha value is -1.96. The number of esters is 1. The molecule has 0 N–H and O–H groups in total. The first kappa shape index (κ1) is 18.8. The Morgan fingerprint density at radius 1 is 1.31 bits per heavy atom. The second-order valence-corrected chi connectivity index (χ2v) is 8.12. The molecular formula is C18H14BrClN2O3S. The number of halogens is 2. The second-order valence-electron chi connectivity index (χ2n) is 5.55. The monoisotopic (exact) mass is 452 g/mol. The second kappa shape index (κ2) is 8.16. The molecule has 0 radical (unpaired) electrons. The van der Waals surface area contributed by atoms with Gasteiger partial charge in [-0.1, -0.05) is 23.7 Å². The first-order chi connectivity index (χ1) is 12.5. The predicted octanol–water partition coefficient (Wildman–Crippen LogP) is 4.62. The quantitative estimate of drug-likeness (QED) is 0.403. The summed E-state index contributed by atoms with van der Waals surface area (Å²) in [7, 11) is 1.33. The van der Waals surface area contributed by atoms with Gasteiger partial charge < -0.3 is 9.30 Å². The minimum atomic E-state index is -0.405. The topological polar surface area (TPSA) is 61.2 Å². The van der Waals surface area contributed by atoms with Crippen molar-refractivity contribution in [2.75, 3.05) is 7.11 Å². The number of ether oxygens (including phenoxy) is 1. The van der Waals surface area contributed by atoms with E-state index in [2.05, 4.69) is 25.7 Å².